The summed E-state index contributed by atoms with van der Waals surface area (Å²) in [5.74, 6) is 2.37. The predicted octanol–water partition coefficient (Wildman–Crippen LogP) is 5.47. The van der Waals surface area contributed by atoms with Crippen LogP contribution >= 0.6 is 22.6 Å². The number of aromatic nitrogens is 1. The molecule has 0 amide bonds. The molecule has 1 aromatic carbocycles. The van der Waals surface area contributed by atoms with Gasteiger partial charge >= 0.3 is 0 Å². The molecular weight excluding hydrogens is 401 g/mol. The van der Waals surface area contributed by atoms with Crippen LogP contribution < -0.4 is 0 Å². The lowest BCUT2D eigenvalue weighted by Gasteiger charge is -2.27. The van der Waals surface area contributed by atoms with E-state index in [2.05, 4.69) is 58.8 Å². The second-order valence-corrected chi connectivity index (χ2v) is 7.39. The van der Waals surface area contributed by atoms with E-state index in [-0.39, 0.29) is 0 Å². The van der Waals surface area contributed by atoms with Crippen LogP contribution in [0.1, 0.15) is 42.7 Å². The zero-order chi connectivity index (χ0) is 16.2. The van der Waals surface area contributed by atoms with Gasteiger partial charge in [0.25, 0.3) is 0 Å². The Labute approximate surface area is 152 Å². The van der Waals surface area contributed by atoms with Gasteiger partial charge in [-0.05, 0) is 51.2 Å². The second-order valence-electron chi connectivity index (χ2n) is 6.51. The Hall–Kier alpha value is -0.880. The van der Waals surface area contributed by atoms with Gasteiger partial charge in [-0.15, -0.1) is 0 Å². The highest BCUT2D eigenvalue weighted by atomic mass is 127. The molecule has 23 heavy (non-hydrogen) atoms. The zero-order valence-corrected chi connectivity index (χ0v) is 16.0. The molecule has 0 N–H and O–H groups in total. The summed E-state index contributed by atoms with van der Waals surface area (Å²) in [6.45, 7) is 4.61. The fourth-order valence-corrected chi connectivity index (χ4v) is 3.91. The van der Waals surface area contributed by atoms with Crippen LogP contribution in [0.3, 0.4) is 0 Å². The van der Waals surface area contributed by atoms with Crippen molar-refractivity contribution in [2.75, 3.05) is 4.43 Å². The van der Waals surface area contributed by atoms with Crippen molar-refractivity contribution in [1.29, 1.82) is 0 Å². The highest BCUT2D eigenvalue weighted by Crippen LogP contribution is 2.29. The quantitative estimate of drug-likeness (QED) is 0.471. The molecule has 1 saturated carbocycles. The molecule has 1 aromatic heterocycles. The van der Waals surface area contributed by atoms with Gasteiger partial charge < -0.3 is 9.15 Å². The predicted molar refractivity (Wildman–Crippen MR) is 101 cm³/mol. The van der Waals surface area contributed by atoms with E-state index >= 15 is 0 Å². The van der Waals surface area contributed by atoms with Crippen LogP contribution in [0.5, 0.6) is 0 Å². The molecule has 0 aliphatic heterocycles. The summed E-state index contributed by atoms with van der Waals surface area (Å²) >= 11 is 2.49. The first kappa shape index (κ1) is 17.0. The molecule has 2 atom stereocenters. The molecule has 124 valence electrons. The summed E-state index contributed by atoms with van der Waals surface area (Å²) in [4.78, 5) is 4.64. The molecule has 2 aromatic rings. The first-order valence-corrected chi connectivity index (χ1v) is 9.89. The monoisotopic (exact) mass is 425 g/mol. The zero-order valence-electron chi connectivity index (χ0n) is 13.8. The number of aryl methyl sites for hydroxylation is 2. The molecule has 0 spiro atoms. The van der Waals surface area contributed by atoms with Crippen LogP contribution in [0, 0.1) is 19.8 Å². The Morgan fingerprint density at radius 2 is 2.00 bits per heavy atom. The molecule has 0 unspecified atom stereocenters. The number of halogens is 1. The molecule has 1 aliphatic carbocycles. The molecule has 0 saturated heterocycles. The Bertz CT molecular complexity index is 635. The minimum Gasteiger partial charge on any atom is -0.441 e. The van der Waals surface area contributed by atoms with Crippen molar-refractivity contribution in [3.63, 3.8) is 0 Å². The fraction of sp³-hybridized carbons (Fsp3) is 0.526. The summed E-state index contributed by atoms with van der Waals surface area (Å²) in [5.41, 5.74) is 3.19. The SMILES string of the molecule is Cc1ccc(-c2nc(CO[C@H]3CCC[C@@H](CI)C3)c(C)o2)cc1. The number of benzene rings is 1. The van der Waals surface area contributed by atoms with Crippen molar-refractivity contribution in [1.82, 2.24) is 4.98 Å². The van der Waals surface area contributed by atoms with E-state index in [1.165, 1.54) is 35.7 Å². The molecular formula is C19H24INO2. The first-order valence-electron chi connectivity index (χ1n) is 8.36. The van der Waals surface area contributed by atoms with Gasteiger partial charge in [0.2, 0.25) is 5.89 Å². The van der Waals surface area contributed by atoms with Gasteiger partial charge in [-0.1, -0.05) is 46.7 Å². The van der Waals surface area contributed by atoms with E-state index < -0.39 is 0 Å². The summed E-state index contributed by atoms with van der Waals surface area (Å²) in [5, 5.41) is 0. The number of rotatable bonds is 5. The third kappa shape index (κ3) is 4.35. The lowest BCUT2D eigenvalue weighted by Crippen LogP contribution is -2.23. The average Bonchev–Trinajstić information content (AvgIpc) is 2.95. The van der Waals surface area contributed by atoms with Gasteiger partial charge in [0.05, 0.1) is 12.7 Å². The molecule has 1 heterocycles. The van der Waals surface area contributed by atoms with E-state index in [1.807, 2.05) is 6.92 Å². The smallest absolute Gasteiger partial charge is 0.226 e. The lowest BCUT2D eigenvalue weighted by atomic mass is 9.89. The van der Waals surface area contributed by atoms with Crippen LogP contribution in [-0.4, -0.2) is 15.5 Å². The van der Waals surface area contributed by atoms with E-state index in [1.54, 1.807) is 0 Å². The summed E-state index contributed by atoms with van der Waals surface area (Å²) in [7, 11) is 0. The maximum atomic E-state index is 6.12. The standard InChI is InChI=1S/C19H24INO2/c1-13-6-8-16(9-7-13)19-21-18(14(2)23-19)12-22-17-5-3-4-15(10-17)11-20/h6-9,15,17H,3-5,10-12H2,1-2H3/t15-,17+/m1/s1. The van der Waals surface area contributed by atoms with Gasteiger partial charge in [0, 0.05) is 9.99 Å². The van der Waals surface area contributed by atoms with Crippen molar-refractivity contribution in [3.8, 4) is 11.5 Å². The minimum absolute atomic E-state index is 0.377. The third-order valence-electron chi connectivity index (χ3n) is 4.60. The second kappa shape index (κ2) is 7.79. The van der Waals surface area contributed by atoms with Crippen molar-refractivity contribution in [3.05, 3.63) is 41.3 Å². The first-order chi connectivity index (χ1) is 11.2. The Morgan fingerprint density at radius 3 is 2.74 bits per heavy atom. The lowest BCUT2D eigenvalue weighted by molar-refractivity contribution is 0.00384. The minimum atomic E-state index is 0.377. The molecule has 3 nitrogen and oxygen atoms in total. The van der Waals surface area contributed by atoms with Crippen molar-refractivity contribution < 1.29 is 9.15 Å². The Morgan fingerprint density at radius 1 is 1.22 bits per heavy atom. The van der Waals surface area contributed by atoms with Gasteiger partial charge in [-0.25, -0.2) is 4.98 Å². The van der Waals surface area contributed by atoms with Crippen molar-refractivity contribution in [2.24, 2.45) is 5.92 Å². The maximum absolute atomic E-state index is 6.12. The van der Waals surface area contributed by atoms with E-state index in [9.17, 15) is 0 Å². The van der Waals surface area contributed by atoms with Crippen molar-refractivity contribution in [2.45, 2.75) is 52.2 Å². The van der Waals surface area contributed by atoms with Crippen LogP contribution in [0.2, 0.25) is 0 Å². The number of ether oxygens (including phenoxy) is 1. The third-order valence-corrected chi connectivity index (χ3v) is 5.85. The highest BCUT2D eigenvalue weighted by Gasteiger charge is 2.22. The highest BCUT2D eigenvalue weighted by molar-refractivity contribution is 14.1. The fourth-order valence-electron chi connectivity index (χ4n) is 3.11. The molecule has 3 rings (SSSR count). The van der Waals surface area contributed by atoms with Crippen LogP contribution in [0.25, 0.3) is 11.5 Å². The van der Waals surface area contributed by atoms with Crippen LogP contribution in [0.15, 0.2) is 28.7 Å². The number of hydrogen-bond acceptors (Lipinski definition) is 3. The van der Waals surface area contributed by atoms with Gasteiger partial charge in [-0.2, -0.15) is 0 Å². The molecule has 4 heteroatoms. The van der Waals surface area contributed by atoms with Crippen LogP contribution in [0.4, 0.5) is 0 Å². The summed E-state index contributed by atoms with van der Waals surface area (Å²) in [6, 6.07) is 8.27. The largest absolute Gasteiger partial charge is 0.441 e. The van der Waals surface area contributed by atoms with Crippen molar-refractivity contribution >= 4 is 22.6 Å². The molecule has 1 fully saturated rings. The summed E-state index contributed by atoms with van der Waals surface area (Å²) in [6.07, 6.45) is 5.37. The van der Waals surface area contributed by atoms with Gasteiger partial charge in [0.1, 0.15) is 11.5 Å². The van der Waals surface area contributed by atoms with E-state index in [4.69, 9.17) is 9.15 Å². The molecule has 1 aliphatic rings. The van der Waals surface area contributed by atoms with E-state index in [0.717, 1.165) is 22.9 Å². The number of alkyl halides is 1. The van der Waals surface area contributed by atoms with Crippen LogP contribution in [-0.2, 0) is 11.3 Å². The average molecular weight is 425 g/mol. The van der Waals surface area contributed by atoms with Gasteiger partial charge in [0.15, 0.2) is 0 Å². The Kier molecular flexibility index (Phi) is 5.75. The molecule has 0 radical (unpaired) electrons. The van der Waals surface area contributed by atoms with E-state index in [0.29, 0.717) is 18.6 Å². The number of hydrogen-bond donors (Lipinski definition) is 0. The Balaban J connectivity index is 1.63. The summed E-state index contributed by atoms with van der Waals surface area (Å²) < 4.78 is 13.2. The normalized spacial score (nSPS) is 21.5. The topological polar surface area (TPSA) is 35.3 Å². The number of nitrogens with zero attached hydrogens (tertiary/aromatic N) is 1. The van der Waals surface area contributed by atoms with Gasteiger partial charge in [-0.3, -0.25) is 0 Å². The number of oxazole rings is 1. The maximum Gasteiger partial charge on any atom is 0.226 e. The molecule has 0 bridgehead atoms.